The third-order valence-electron chi connectivity index (χ3n) is 12.6. The highest BCUT2D eigenvalue weighted by Gasteiger charge is 2.19. The molecule has 0 spiro atoms. The number of unbranched alkanes of at least 4 members (excludes halogenated alkanes) is 22. The van der Waals surface area contributed by atoms with Crippen LogP contribution in [0.2, 0.25) is 0 Å². The van der Waals surface area contributed by atoms with Crippen molar-refractivity contribution in [1.82, 2.24) is 4.90 Å². The maximum Gasteiger partial charge on any atom is 0.508 e. The van der Waals surface area contributed by atoms with Crippen molar-refractivity contribution in [3.8, 4) is 0 Å². The first-order valence-electron chi connectivity index (χ1n) is 28.4. The Labute approximate surface area is 421 Å². The minimum Gasteiger partial charge on any atom is -0.466 e. The summed E-state index contributed by atoms with van der Waals surface area (Å²) in [6, 6.07) is 0. The second-order valence-corrected chi connectivity index (χ2v) is 19.2. The Hall–Kier alpha value is -2.93. The monoisotopic (exact) mass is 984 g/mol. The van der Waals surface area contributed by atoms with Crippen LogP contribution in [0, 0.1) is 5.92 Å². The van der Waals surface area contributed by atoms with E-state index in [0.717, 1.165) is 77.4 Å². The van der Waals surface area contributed by atoms with Crippen LogP contribution in [0.5, 0.6) is 0 Å². The van der Waals surface area contributed by atoms with Gasteiger partial charge in [0.15, 0.2) is 0 Å². The minimum absolute atomic E-state index is 0.00858. The quantitative estimate of drug-likeness (QED) is 0.0323. The number of methoxy groups -OCH3 is 1. The molecule has 406 valence electrons. The molecule has 0 radical (unpaired) electrons. The van der Waals surface area contributed by atoms with Crippen LogP contribution in [-0.2, 0) is 52.3 Å². The predicted molar refractivity (Wildman–Crippen MR) is 276 cm³/mol. The third-order valence-corrected chi connectivity index (χ3v) is 12.6. The number of hydrogen-bond donors (Lipinski definition) is 0. The van der Waals surface area contributed by atoms with E-state index in [1.807, 2.05) is 0 Å². The van der Waals surface area contributed by atoms with Gasteiger partial charge in [0.1, 0.15) is 25.9 Å². The molecule has 0 bridgehead atoms. The summed E-state index contributed by atoms with van der Waals surface area (Å²) in [5.41, 5.74) is 0. The molecule has 0 rings (SSSR count). The van der Waals surface area contributed by atoms with Crippen molar-refractivity contribution < 1.29 is 57.1 Å². The lowest BCUT2D eigenvalue weighted by atomic mass is 10.0. The van der Waals surface area contributed by atoms with Crippen molar-refractivity contribution >= 4 is 30.0 Å². The molecule has 0 heterocycles. The molecule has 0 aromatic carbocycles. The highest BCUT2D eigenvalue weighted by molar-refractivity contribution is 5.70. The number of rotatable bonds is 52. The van der Waals surface area contributed by atoms with Crippen molar-refractivity contribution in [3.63, 3.8) is 0 Å². The topological polar surface area (TPSA) is 153 Å². The highest BCUT2D eigenvalue weighted by atomic mass is 16.7. The lowest BCUT2D eigenvalue weighted by Gasteiger charge is -2.20. The van der Waals surface area contributed by atoms with Gasteiger partial charge < -0.3 is 38.1 Å². The van der Waals surface area contributed by atoms with Crippen LogP contribution in [0.1, 0.15) is 252 Å². The molecular weight excluding hydrogens is 879 g/mol. The minimum atomic E-state index is -0.827. The van der Waals surface area contributed by atoms with Crippen molar-refractivity contribution in [2.24, 2.45) is 5.92 Å². The smallest absolute Gasteiger partial charge is 0.466 e. The summed E-state index contributed by atoms with van der Waals surface area (Å²) in [4.78, 5) is 65.1. The van der Waals surface area contributed by atoms with Crippen molar-refractivity contribution in [3.05, 3.63) is 0 Å². The number of hydrogen-bond acceptors (Lipinski definition) is 13. The molecule has 0 aliphatic carbocycles. The molecule has 0 N–H and O–H groups in total. The Morgan fingerprint density at radius 1 is 0.377 bits per heavy atom. The third kappa shape index (κ3) is 47.2. The van der Waals surface area contributed by atoms with E-state index in [4.69, 9.17) is 33.2 Å². The second-order valence-electron chi connectivity index (χ2n) is 19.2. The van der Waals surface area contributed by atoms with Gasteiger partial charge in [0.2, 0.25) is 0 Å². The molecule has 0 aliphatic heterocycles. The van der Waals surface area contributed by atoms with E-state index in [1.165, 1.54) is 103 Å². The number of carbonyl (C=O) groups excluding carboxylic acids is 5. The largest absolute Gasteiger partial charge is 0.508 e. The van der Waals surface area contributed by atoms with Gasteiger partial charge in [-0.15, -0.1) is 0 Å². The molecule has 0 amide bonds. The Morgan fingerprint density at radius 2 is 0.754 bits per heavy atom. The van der Waals surface area contributed by atoms with Gasteiger partial charge >= 0.3 is 30.0 Å². The molecule has 0 aromatic rings. The molecule has 13 nitrogen and oxygen atoms in total. The summed E-state index contributed by atoms with van der Waals surface area (Å²) in [5, 5.41) is 0. The van der Waals surface area contributed by atoms with Gasteiger partial charge in [-0.25, -0.2) is 4.79 Å². The number of carbonyl (C=O) groups is 5. The Bertz CT molecular complexity index is 1190. The molecule has 69 heavy (non-hydrogen) atoms. The normalized spacial score (nSPS) is 11.8. The number of ether oxygens (including phenoxy) is 7. The predicted octanol–water partition coefficient (Wildman–Crippen LogP) is 14.0. The molecule has 1 unspecified atom stereocenters. The molecule has 0 aliphatic rings. The second kappa shape index (κ2) is 51.4. The van der Waals surface area contributed by atoms with Gasteiger partial charge in [0.05, 0.1) is 19.1 Å². The summed E-state index contributed by atoms with van der Waals surface area (Å²) in [6.07, 6.45) is 32.8. The van der Waals surface area contributed by atoms with Gasteiger partial charge in [-0.2, -0.15) is 0 Å². The van der Waals surface area contributed by atoms with E-state index in [0.29, 0.717) is 64.6 Å². The van der Waals surface area contributed by atoms with E-state index in [9.17, 15) is 24.0 Å². The zero-order chi connectivity index (χ0) is 50.7. The fourth-order valence-corrected chi connectivity index (χ4v) is 8.16. The maximum atomic E-state index is 12.8. The average molecular weight is 984 g/mol. The summed E-state index contributed by atoms with van der Waals surface area (Å²) >= 11 is 0. The summed E-state index contributed by atoms with van der Waals surface area (Å²) < 4.78 is 38.3. The van der Waals surface area contributed by atoms with Gasteiger partial charge in [-0.3, -0.25) is 19.2 Å². The van der Waals surface area contributed by atoms with Crippen LogP contribution in [0.25, 0.3) is 0 Å². The first-order chi connectivity index (χ1) is 33.7. The molecule has 0 saturated carbocycles. The van der Waals surface area contributed by atoms with Crippen LogP contribution in [0.4, 0.5) is 4.79 Å². The first kappa shape index (κ1) is 66.1. The zero-order valence-electron chi connectivity index (χ0n) is 45.1. The van der Waals surface area contributed by atoms with E-state index in [1.54, 1.807) is 7.11 Å². The molecule has 0 saturated heterocycles. The molecule has 13 heteroatoms. The Kier molecular flexibility index (Phi) is 49.2. The fourth-order valence-electron chi connectivity index (χ4n) is 8.16. The molecule has 0 aromatic heterocycles. The van der Waals surface area contributed by atoms with Crippen LogP contribution >= 0.6 is 0 Å². The van der Waals surface area contributed by atoms with Gasteiger partial charge in [0.25, 0.3) is 0 Å². The fraction of sp³-hybridized carbons (Fsp3) is 0.911. The van der Waals surface area contributed by atoms with Crippen molar-refractivity contribution in [2.45, 2.75) is 259 Å². The molecule has 0 fully saturated rings. The van der Waals surface area contributed by atoms with Crippen LogP contribution in [0.3, 0.4) is 0 Å². The standard InChI is InChI=1S/C56H105NO12/c1-6-10-13-16-19-20-25-33-45-64-52(58)38-31-26-32-40-54(60)67-48-50(49-68-56(62)65-46-35-43-57(9-4)42-34-44-63-5)47-66-53(59)39-29-23-24-30-41-55(61)69-51(36-27-21-17-14-11-7-2)37-28-22-18-15-12-8-3/h50-51H,6-49H2,1-5H3. The number of esters is 4. The lowest BCUT2D eigenvalue weighted by molar-refractivity contribution is -0.151. The van der Waals surface area contributed by atoms with Crippen LogP contribution < -0.4 is 0 Å². The van der Waals surface area contributed by atoms with Gasteiger partial charge in [-0.05, 0) is 77.2 Å². The molecule has 1 atom stereocenters. The Balaban J connectivity index is 4.75. The van der Waals surface area contributed by atoms with Crippen molar-refractivity contribution in [2.75, 3.05) is 66.4 Å². The van der Waals surface area contributed by atoms with Gasteiger partial charge in [-0.1, -0.05) is 156 Å². The highest BCUT2D eigenvalue weighted by Crippen LogP contribution is 2.19. The lowest BCUT2D eigenvalue weighted by Crippen LogP contribution is -2.28. The summed E-state index contributed by atoms with van der Waals surface area (Å²) in [6.45, 7) is 12.4. The van der Waals surface area contributed by atoms with E-state index < -0.39 is 18.0 Å². The summed E-state index contributed by atoms with van der Waals surface area (Å²) in [5.74, 6) is -1.69. The van der Waals surface area contributed by atoms with Crippen molar-refractivity contribution in [1.29, 1.82) is 0 Å². The average Bonchev–Trinajstić information content (AvgIpc) is 3.34. The summed E-state index contributed by atoms with van der Waals surface area (Å²) in [7, 11) is 1.69. The maximum absolute atomic E-state index is 12.8. The van der Waals surface area contributed by atoms with Crippen LogP contribution in [0.15, 0.2) is 0 Å². The first-order valence-corrected chi connectivity index (χ1v) is 28.4. The zero-order valence-corrected chi connectivity index (χ0v) is 45.1. The van der Waals surface area contributed by atoms with E-state index in [-0.39, 0.29) is 63.3 Å². The van der Waals surface area contributed by atoms with E-state index >= 15 is 0 Å². The number of nitrogens with zero attached hydrogens (tertiary/aromatic N) is 1. The van der Waals surface area contributed by atoms with Gasteiger partial charge in [0, 0.05) is 52.5 Å². The van der Waals surface area contributed by atoms with E-state index in [2.05, 4.69) is 32.6 Å². The van der Waals surface area contributed by atoms with Crippen LogP contribution in [-0.4, -0.2) is 107 Å². The molecular formula is C56H105NO12. The SMILES string of the molecule is CCCCCCCCCCOC(=O)CCCCCC(=O)OCC(COC(=O)CCCCCCC(=O)OC(CCCCCCCC)CCCCCCCC)COC(=O)OCCCN(CC)CCCOC. The Morgan fingerprint density at radius 3 is 1.23 bits per heavy atom.